The Morgan fingerprint density at radius 3 is 2.35 bits per heavy atom. The van der Waals surface area contributed by atoms with Crippen LogP contribution in [0.1, 0.15) is 32.5 Å². The number of hydrogen-bond donors (Lipinski definition) is 2. The second-order valence-electron chi connectivity index (χ2n) is 6.01. The second kappa shape index (κ2) is 11.3. The molecule has 0 aliphatic heterocycles. The van der Waals surface area contributed by atoms with E-state index in [1.54, 1.807) is 38.1 Å². The molecule has 0 saturated carbocycles. The third-order valence-corrected chi connectivity index (χ3v) is 5.31. The van der Waals surface area contributed by atoms with Gasteiger partial charge in [-0.05, 0) is 43.7 Å². The van der Waals surface area contributed by atoms with Crippen molar-refractivity contribution < 1.29 is 33.4 Å². The van der Waals surface area contributed by atoms with Crippen molar-refractivity contribution in [3.63, 3.8) is 0 Å². The lowest BCUT2D eigenvalue weighted by molar-refractivity contribution is -0.149. The first kappa shape index (κ1) is 24.2. The van der Waals surface area contributed by atoms with Gasteiger partial charge in [-0.25, -0.2) is 9.59 Å². The van der Waals surface area contributed by atoms with Gasteiger partial charge in [0.15, 0.2) is 13.2 Å². The van der Waals surface area contributed by atoms with Gasteiger partial charge in [-0.15, -0.1) is 11.3 Å². The molecule has 0 aliphatic rings. The fourth-order valence-corrected chi connectivity index (χ4v) is 3.69. The lowest BCUT2D eigenvalue weighted by Crippen LogP contribution is -2.24. The van der Waals surface area contributed by atoms with Crippen LogP contribution in [0.5, 0.6) is 5.75 Å². The molecule has 2 N–H and O–H groups in total. The maximum Gasteiger partial charge on any atom is 0.344 e. The predicted octanol–water partition coefficient (Wildman–Crippen LogP) is 2.81. The monoisotopic (exact) mass is 468 g/mol. The van der Waals surface area contributed by atoms with E-state index in [1.807, 2.05) is 0 Å². The molecule has 0 bridgehead atoms. The minimum absolute atomic E-state index is 0.0798. The van der Waals surface area contributed by atoms with Crippen LogP contribution in [-0.2, 0) is 19.1 Å². The zero-order chi connectivity index (χ0) is 23.0. The van der Waals surface area contributed by atoms with Gasteiger partial charge in [-0.1, -0.05) is 11.6 Å². The summed E-state index contributed by atoms with van der Waals surface area (Å²) >= 11 is 6.69. The van der Waals surface area contributed by atoms with Gasteiger partial charge < -0.3 is 24.8 Å². The van der Waals surface area contributed by atoms with Crippen molar-refractivity contribution in [2.45, 2.75) is 13.8 Å². The number of halogens is 1. The van der Waals surface area contributed by atoms with Crippen LogP contribution in [-0.4, -0.2) is 50.6 Å². The highest BCUT2D eigenvalue weighted by molar-refractivity contribution is 7.18. The second-order valence-corrected chi connectivity index (χ2v) is 7.47. The molecule has 31 heavy (non-hydrogen) atoms. The van der Waals surface area contributed by atoms with Gasteiger partial charge in [0.05, 0.1) is 17.0 Å². The van der Waals surface area contributed by atoms with E-state index in [-0.39, 0.29) is 22.0 Å². The molecule has 1 aromatic carbocycles. The summed E-state index contributed by atoms with van der Waals surface area (Å²) in [6.07, 6.45) is 0. The molecule has 0 fully saturated rings. The SMILES string of the molecule is CCOC(=O)c1c(NC(=O)COC(=O)COc2ccc(Cl)cc2)sc(C(=O)NC)c1C. The standard InChI is InChI=1S/C20H21ClN2O7S/c1-4-28-20(27)16-11(2)17(18(26)22-3)31-19(16)23-14(24)9-30-15(25)10-29-13-7-5-12(21)6-8-13/h5-8H,4,9-10H2,1-3H3,(H,22,26)(H,23,24). The molecule has 0 aliphatic carbocycles. The van der Waals surface area contributed by atoms with Gasteiger partial charge in [0.25, 0.3) is 11.8 Å². The number of benzene rings is 1. The Hall–Kier alpha value is -3.11. The van der Waals surface area contributed by atoms with Crippen LogP contribution in [0.2, 0.25) is 5.02 Å². The minimum atomic E-state index is -0.760. The van der Waals surface area contributed by atoms with Gasteiger partial charge in [0, 0.05) is 12.1 Å². The van der Waals surface area contributed by atoms with Crippen LogP contribution in [0.25, 0.3) is 0 Å². The maximum absolute atomic E-state index is 12.3. The van der Waals surface area contributed by atoms with Crippen LogP contribution in [0.15, 0.2) is 24.3 Å². The number of thiophene rings is 1. The van der Waals surface area contributed by atoms with Gasteiger partial charge in [-0.3, -0.25) is 9.59 Å². The Kier molecular flexibility index (Phi) is 8.83. The van der Waals surface area contributed by atoms with Crippen LogP contribution in [0.3, 0.4) is 0 Å². The third-order valence-electron chi connectivity index (χ3n) is 3.85. The fourth-order valence-electron chi connectivity index (χ4n) is 2.40. The lowest BCUT2D eigenvalue weighted by atomic mass is 10.1. The number of ether oxygens (including phenoxy) is 3. The van der Waals surface area contributed by atoms with Crippen molar-refractivity contribution >= 4 is 51.7 Å². The molecule has 0 radical (unpaired) electrons. The van der Waals surface area contributed by atoms with Crippen molar-refractivity contribution in [2.75, 3.05) is 32.2 Å². The summed E-state index contributed by atoms with van der Waals surface area (Å²) in [5, 5.41) is 5.62. The van der Waals surface area contributed by atoms with E-state index >= 15 is 0 Å². The molecular weight excluding hydrogens is 448 g/mol. The van der Waals surface area contributed by atoms with Crippen LogP contribution in [0, 0.1) is 6.92 Å². The average molecular weight is 469 g/mol. The number of esters is 2. The Labute approximate surface area is 187 Å². The number of hydrogen-bond acceptors (Lipinski definition) is 8. The smallest absolute Gasteiger partial charge is 0.344 e. The van der Waals surface area contributed by atoms with Crippen molar-refractivity contribution in [3.8, 4) is 5.75 Å². The normalized spacial score (nSPS) is 10.2. The molecule has 1 aromatic heterocycles. The summed E-state index contributed by atoms with van der Waals surface area (Å²) in [5.41, 5.74) is 0.461. The Balaban J connectivity index is 1.98. The maximum atomic E-state index is 12.3. The number of carbonyl (C=O) groups excluding carboxylic acids is 4. The first-order valence-electron chi connectivity index (χ1n) is 9.13. The van der Waals surface area contributed by atoms with E-state index in [4.69, 9.17) is 25.8 Å². The van der Waals surface area contributed by atoms with Gasteiger partial charge in [0.1, 0.15) is 10.8 Å². The molecule has 0 spiro atoms. The van der Waals surface area contributed by atoms with E-state index in [0.29, 0.717) is 16.3 Å². The molecular formula is C20H21ClN2O7S. The third kappa shape index (κ3) is 6.69. The number of carbonyl (C=O) groups is 4. The van der Waals surface area contributed by atoms with Gasteiger partial charge in [-0.2, -0.15) is 0 Å². The van der Waals surface area contributed by atoms with E-state index < -0.39 is 37.0 Å². The Bertz CT molecular complexity index is 973. The summed E-state index contributed by atoms with van der Waals surface area (Å²) in [5.74, 6) is -2.10. The molecule has 9 nitrogen and oxygen atoms in total. The average Bonchev–Trinajstić information content (AvgIpc) is 3.07. The molecule has 2 amide bonds. The highest BCUT2D eigenvalue weighted by Gasteiger charge is 2.26. The first-order valence-corrected chi connectivity index (χ1v) is 10.3. The summed E-state index contributed by atoms with van der Waals surface area (Å²) in [6, 6.07) is 6.38. The van der Waals surface area contributed by atoms with E-state index in [0.717, 1.165) is 11.3 Å². The quantitative estimate of drug-likeness (QED) is 0.543. The van der Waals surface area contributed by atoms with Crippen molar-refractivity contribution in [2.24, 2.45) is 0 Å². The fraction of sp³-hybridized carbons (Fsp3) is 0.300. The Morgan fingerprint density at radius 2 is 1.74 bits per heavy atom. The van der Waals surface area contributed by atoms with Gasteiger partial charge >= 0.3 is 11.9 Å². The van der Waals surface area contributed by atoms with Crippen LogP contribution in [0.4, 0.5) is 5.00 Å². The summed E-state index contributed by atoms with van der Waals surface area (Å²) < 4.78 is 15.1. The molecule has 2 aromatic rings. The van der Waals surface area contributed by atoms with E-state index in [2.05, 4.69) is 10.6 Å². The first-order chi connectivity index (χ1) is 14.8. The van der Waals surface area contributed by atoms with Crippen LogP contribution >= 0.6 is 22.9 Å². The lowest BCUT2D eigenvalue weighted by Gasteiger charge is -2.08. The zero-order valence-corrected chi connectivity index (χ0v) is 18.6. The van der Waals surface area contributed by atoms with Gasteiger partial charge in [0.2, 0.25) is 0 Å². The van der Waals surface area contributed by atoms with Crippen molar-refractivity contribution in [1.29, 1.82) is 0 Å². The molecule has 2 rings (SSSR count). The number of anilines is 1. The largest absolute Gasteiger partial charge is 0.482 e. The topological polar surface area (TPSA) is 120 Å². The highest BCUT2D eigenvalue weighted by Crippen LogP contribution is 2.33. The summed E-state index contributed by atoms with van der Waals surface area (Å²) in [4.78, 5) is 48.6. The van der Waals surface area contributed by atoms with E-state index in [1.165, 1.54) is 7.05 Å². The summed E-state index contributed by atoms with van der Waals surface area (Å²) in [7, 11) is 1.45. The van der Waals surface area contributed by atoms with Crippen molar-refractivity contribution in [3.05, 3.63) is 45.3 Å². The zero-order valence-electron chi connectivity index (χ0n) is 17.1. The summed E-state index contributed by atoms with van der Waals surface area (Å²) in [6.45, 7) is 2.35. The van der Waals surface area contributed by atoms with Crippen molar-refractivity contribution in [1.82, 2.24) is 5.32 Å². The minimum Gasteiger partial charge on any atom is -0.482 e. The molecule has 0 saturated heterocycles. The molecule has 166 valence electrons. The molecule has 0 unspecified atom stereocenters. The number of rotatable bonds is 9. The number of amides is 2. The number of nitrogens with one attached hydrogen (secondary N) is 2. The van der Waals surface area contributed by atoms with Crippen LogP contribution < -0.4 is 15.4 Å². The molecule has 11 heteroatoms. The predicted molar refractivity (Wildman–Crippen MR) is 115 cm³/mol. The molecule has 0 atom stereocenters. The Morgan fingerprint density at radius 1 is 1.06 bits per heavy atom. The van der Waals surface area contributed by atoms with E-state index in [9.17, 15) is 19.2 Å². The highest BCUT2D eigenvalue weighted by atomic mass is 35.5. The molecule has 1 heterocycles.